The molecule has 1 N–H and O–H groups in total. The molecule has 10 nitrogen and oxygen atoms in total. The molecular formula is C26H24F3N5O5. The zero-order chi connectivity index (χ0) is 27.5. The number of hydrogen-bond acceptors (Lipinski definition) is 8. The highest BCUT2D eigenvalue weighted by Crippen LogP contribution is 2.29. The predicted octanol–water partition coefficient (Wildman–Crippen LogP) is 3.56. The zero-order valence-corrected chi connectivity index (χ0v) is 20.8. The van der Waals surface area contributed by atoms with Gasteiger partial charge < -0.3 is 28.6 Å². The Morgan fingerprint density at radius 2 is 2.03 bits per heavy atom. The molecule has 1 fully saturated rings. The lowest BCUT2D eigenvalue weighted by Gasteiger charge is -2.30. The number of hydrogen-bond donors (Lipinski definition) is 1. The summed E-state index contributed by atoms with van der Waals surface area (Å²) in [5, 5.41) is 9.23. The van der Waals surface area contributed by atoms with Crippen molar-refractivity contribution in [2.75, 3.05) is 31.7 Å². The molecule has 1 aliphatic heterocycles. The number of methoxy groups -OCH3 is 1. The average molecular weight is 544 g/mol. The van der Waals surface area contributed by atoms with E-state index in [2.05, 4.69) is 19.7 Å². The quantitative estimate of drug-likeness (QED) is 0.339. The summed E-state index contributed by atoms with van der Waals surface area (Å²) in [5.41, 5.74) is 2.53. The Hall–Kier alpha value is -4.23. The summed E-state index contributed by atoms with van der Waals surface area (Å²) in [6.45, 7) is -2.14. The molecule has 0 radical (unpaired) electrons. The SMILES string of the molecule is COCc1nc2cc(F)c(-c3cnc(N4CCO[C@H](C(=O)O)C4)nc3)cn2c1Cc1ccccc1OC(F)F. The summed E-state index contributed by atoms with van der Waals surface area (Å²) >= 11 is 0. The second-order valence-electron chi connectivity index (χ2n) is 8.78. The van der Waals surface area contributed by atoms with Gasteiger partial charge in [-0.3, -0.25) is 0 Å². The van der Waals surface area contributed by atoms with E-state index in [1.165, 1.54) is 31.6 Å². The number of fused-ring (bicyclic) bond motifs is 1. The third kappa shape index (κ3) is 5.64. The molecule has 0 unspecified atom stereocenters. The van der Waals surface area contributed by atoms with Crippen LogP contribution >= 0.6 is 0 Å². The largest absolute Gasteiger partial charge is 0.479 e. The number of rotatable bonds is 9. The van der Waals surface area contributed by atoms with Crippen LogP contribution in [0.15, 0.2) is 48.9 Å². The van der Waals surface area contributed by atoms with Crippen molar-refractivity contribution in [2.24, 2.45) is 0 Å². The standard InChI is InChI=1S/C26H24F3N5O5/c1-37-14-19-20(8-15-4-2-3-5-21(15)39-25(28)29)34-12-17(18(27)9-23(34)32-19)16-10-30-26(31-11-16)33-6-7-38-22(13-33)24(35)36/h2-5,9-12,22,25H,6-8,13-14H2,1H3,(H,35,36)/t22-/m0/s1. The van der Waals surface area contributed by atoms with Gasteiger partial charge in [0, 0.05) is 61.4 Å². The topological polar surface area (TPSA) is 111 Å². The molecule has 1 atom stereocenters. The van der Waals surface area contributed by atoms with Crippen molar-refractivity contribution in [3.05, 3.63) is 71.7 Å². The van der Waals surface area contributed by atoms with Gasteiger partial charge in [-0.2, -0.15) is 8.78 Å². The van der Waals surface area contributed by atoms with Crippen LogP contribution < -0.4 is 9.64 Å². The van der Waals surface area contributed by atoms with E-state index in [4.69, 9.17) is 9.47 Å². The van der Waals surface area contributed by atoms with Crippen LogP contribution in [0, 0.1) is 5.82 Å². The number of halogens is 3. The molecule has 0 bridgehead atoms. The number of anilines is 1. The van der Waals surface area contributed by atoms with Crippen LogP contribution in [-0.2, 0) is 27.3 Å². The van der Waals surface area contributed by atoms with Crippen molar-refractivity contribution in [3.8, 4) is 16.9 Å². The summed E-state index contributed by atoms with van der Waals surface area (Å²) in [5.74, 6) is -1.29. The van der Waals surface area contributed by atoms with E-state index in [0.29, 0.717) is 40.7 Å². The molecule has 1 saturated heterocycles. The van der Waals surface area contributed by atoms with E-state index in [1.807, 2.05) is 0 Å². The molecule has 1 aromatic carbocycles. The summed E-state index contributed by atoms with van der Waals surface area (Å²) < 4.78 is 58.0. The highest BCUT2D eigenvalue weighted by molar-refractivity contribution is 5.73. The Balaban J connectivity index is 1.50. The molecule has 1 aliphatic rings. The van der Waals surface area contributed by atoms with Crippen LogP contribution in [0.3, 0.4) is 0 Å². The Morgan fingerprint density at radius 1 is 1.26 bits per heavy atom. The third-order valence-corrected chi connectivity index (χ3v) is 6.29. The molecular weight excluding hydrogens is 519 g/mol. The Kier molecular flexibility index (Phi) is 7.61. The molecule has 0 saturated carbocycles. The molecule has 3 aromatic heterocycles. The first-order chi connectivity index (χ1) is 18.8. The Bertz CT molecular complexity index is 1480. The van der Waals surface area contributed by atoms with Gasteiger partial charge in [0.2, 0.25) is 5.95 Å². The van der Waals surface area contributed by atoms with E-state index in [-0.39, 0.29) is 37.5 Å². The minimum atomic E-state index is -2.98. The Labute approximate surface area is 220 Å². The van der Waals surface area contributed by atoms with Crippen LogP contribution in [0.4, 0.5) is 19.1 Å². The summed E-state index contributed by atoms with van der Waals surface area (Å²) in [6, 6.07) is 7.71. The van der Waals surface area contributed by atoms with Gasteiger partial charge in [-0.25, -0.2) is 24.1 Å². The Morgan fingerprint density at radius 3 is 2.74 bits per heavy atom. The lowest BCUT2D eigenvalue weighted by molar-refractivity contribution is -0.150. The lowest BCUT2D eigenvalue weighted by Crippen LogP contribution is -2.46. The molecule has 5 rings (SSSR count). The second-order valence-corrected chi connectivity index (χ2v) is 8.78. The minimum Gasteiger partial charge on any atom is -0.479 e. The fourth-order valence-electron chi connectivity index (χ4n) is 4.46. The fourth-order valence-corrected chi connectivity index (χ4v) is 4.46. The highest BCUT2D eigenvalue weighted by atomic mass is 19.3. The second kappa shape index (κ2) is 11.3. The van der Waals surface area contributed by atoms with Crippen molar-refractivity contribution in [1.82, 2.24) is 19.4 Å². The predicted molar refractivity (Wildman–Crippen MR) is 132 cm³/mol. The molecule has 39 heavy (non-hydrogen) atoms. The van der Waals surface area contributed by atoms with Crippen molar-refractivity contribution in [1.29, 1.82) is 0 Å². The van der Waals surface area contributed by atoms with Crippen LogP contribution in [0.25, 0.3) is 16.8 Å². The molecule has 4 heterocycles. The maximum atomic E-state index is 15.2. The number of morpholine rings is 1. The number of imidazole rings is 1. The van der Waals surface area contributed by atoms with E-state index >= 15 is 4.39 Å². The van der Waals surface area contributed by atoms with Crippen molar-refractivity contribution in [2.45, 2.75) is 25.7 Å². The number of alkyl halides is 2. The number of aliphatic carboxylic acids is 1. The van der Waals surface area contributed by atoms with E-state index in [0.717, 1.165) is 0 Å². The minimum absolute atomic E-state index is 0.0328. The number of ether oxygens (including phenoxy) is 3. The number of aromatic nitrogens is 4. The van der Waals surface area contributed by atoms with Gasteiger partial charge in [0.1, 0.15) is 17.2 Å². The number of carboxylic acid groups (broad SMARTS) is 1. The van der Waals surface area contributed by atoms with Crippen LogP contribution in [0.1, 0.15) is 17.0 Å². The van der Waals surface area contributed by atoms with Crippen molar-refractivity contribution in [3.63, 3.8) is 0 Å². The third-order valence-electron chi connectivity index (χ3n) is 6.29. The van der Waals surface area contributed by atoms with E-state index in [1.54, 1.807) is 33.7 Å². The van der Waals surface area contributed by atoms with E-state index in [9.17, 15) is 18.7 Å². The molecule has 0 aliphatic carbocycles. The average Bonchev–Trinajstić information content (AvgIpc) is 3.24. The summed E-state index contributed by atoms with van der Waals surface area (Å²) in [7, 11) is 1.50. The smallest absolute Gasteiger partial charge is 0.387 e. The number of para-hydroxylation sites is 1. The molecule has 13 heteroatoms. The number of pyridine rings is 1. The first-order valence-electron chi connectivity index (χ1n) is 12.0. The molecule has 0 spiro atoms. The maximum Gasteiger partial charge on any atom is 0.387 e. The van der Waals surface area contributed by atoms with Crippen LogP contribution in [0.2, 0.25) is 0 Å². The summed E-state index contributed by atoms with van der Waals surface area (Å²) in [4.78, 5) is 26.1. The van der Waals surface area contributed by atoms with Gasteiger partial charge in [0.05, 0.1) is 31.1 Å². The summed E-state index contributed by atoms with van der Waals surface area (Å²) in [6.07, 6.45) is 3.65. The van der Waals surface area contributed by atoms with Gasteiger partial charge in [0.15, 0.2) is 6.10 Å². The van der Waals surface area contributed by atoms with Crippen molar-refractivity contribution >= 4 is 17.6 Å². The first-order valence-corrected chi connectivity index (χ1v) is 12.0. The van der Waals surface area contributed by atoms with Crippen LogP contribution in [0.5, 0.6) is 5.75 Å². The number of carbonyl (C=O) groups is 1. The fraction of sp³-hybridized carbons (Fsp3) is 0.308. The molecule has 0 amide bonds. The molecule has 4 aromatic rings. The maximum absolute atomic E-state index is 15.2. The number of carboxylic acids is 1. The first kappa shape index (κ1) is 26.4. The highest BCUT2D eigenvalue weighted by Gasteiger charge is 2.27. The lowest BCUT2D eigenvalue weighted by atomic mass is 10.1. The van der Waals surface area contributed by atoms with Crippen LogP contribution in [-0.4, -0.2) is 70.0 Å². The number of benzene rings is 1. The molecule has 204 valence electrons. The number of nitrogens with zero attached hydrogens (tertiary/aromatic N) is 5. The van der Waals surface area contributed by atoms with Gasteiger partial charge in [-0.1, -0.05) is 18.2 Å². The van der Waals surface area contributed by atoms with Gasteiger partial charge >= 0.3 is 12.6 Å². The zero-order valence-electron chi connectivity index (χ0n) is 20.8. The van der Waals surface area contributed by atoms with Gasteiger partial charge in [-0.15, -0.1) is 0 Å². The monoisotopic (exact) mass is 543 g/mol. The van der Waals surface area contributed by atoms with Gasteiger partial charge in [-0.05, 0) is 6.07 Å². The van der Waals surface area contributed by atoms with Crippen molar-refractivity contribution < 1.29 is 37.3 Å². The normalized spacial score (nSPS) is 15.7. The van der Waals surface area contributed by atoms with E-state index < -0.39 is 24.5 Å². The van der Waals surface area contributed by atoms with Gasteiger partial charge in [0.25, 0.3) is 0 Å².